The molecule has 0 amide bonds. The summed E-state index contributed by atoms with van der Waals surface area (Å²) in [4.78, 5) is 0. The molecule has 0 bridgehead atoms. The normalized spacial score (nSPS) is 31.0. The minimum absolute atomic E-state index is 0.908. The fourth-order valence-electron chi connectivity index (χ4n) is 2.65. The third-order valence-corrected chi connectivity index (χ3v) is 3.27. The first-order valence-electron chi connectivity index (χ1n) is 5.72. The van der Waals surface area contributed by atoms with Crippen LogP contribution in [0.1, 0.15) is 59.3 Å². The van der Waals surface area contributed by atoms with E-state index >= 15 is 0 Å². The summed E-state index contributed by atoms with van der Waals surface area (Å²) in [5.41, 5.74) is 0. The molecule has 0 heteroatoms. The maximum absolute atomic E-state index is 2.36. The molecule has 0 radical (unpaired) electrons. The van der Waals surface area contributed by atoms with Crippen LogP contribution in [0.3, 0.4) is 0 Å². The maximum Gasteiger partial charge on any atom is -0.0409 e. The van der Waals surface area contributed by atoms with Gasteiger partial charge < -0.3 is 0 Å². The quantitative estimate of drug-likeness (QED) is 0.591. The average molecular weight is 168 g/mol. The van der Waals surface area contributed by atoms with Gasteiger partial charge in [-0.1, -0.05) is 46.5 Å². The highest BCUT2D eigenvalue weighted by atomic mass is 14.3. The Morgan fingerprint density at radius 3 is 2.42 bits per heavy atom. The summed E-state index contributed by atoms with van der Waals surface area (Å²) in [5.74, 6) is 3.02. The van der Waals surface area contributed by atoms with Gasteiger partial charge in [0.15, 0.2) is 0 Å². The Bertz CT molecular complexity index is 115. The topological polar surface area (TPSA) is 0 Å². The lowest BCUT2D eigenvalue weighted by atomic mass is 9.77. The molecule has 0 saturated heterocycles. The molecular weight excluding hydrogens is 144 g/mol. The molecule has 0 aromatic carbocycles. The Kier molecular flexibility index (Phi) is 4.11. The van der Waals surface area contributed by atoms with Gasteiger partial charge in [-0.3, -0.25) is 0 Å². The van der Waals surface area contributed by atoms with E-state index in [-0.39, 0.29) is 0 Å². The summed E-state index contributed by atoms with van der Waals surface area (Å²) < 4.78 is 0. The van der Waals surface area contributed by atoms with Crippen molar-refractivity contribution in [2.75, 3.05) is 0 Å². The van der Waals surface area contributed by atoms with Crippen LogP contribution in [0.4, 0.5) is 0 Å². The van der Waals surface area contributed by atoms with E-state index in [0.29, 0.717) is 0 Å². The molecule has 0 aliphatic heterocycles. The molecule has 72 valence electrons. The lowest BCUT2D eigenvalue weighted by Crippen LogP contribution is -2.16. The smallest absolute Gasteiger partial charge is 0.0409 e. The van der Waals surface area contributed by atoms with Gasteiger partial charge in [0, 0.05) is 0 Å². The Balaban J connectivity index is 2.25. The number of rotatable bonds is 3. The van der Waals surface area contributed by atoms with E-state index in [1.165, 1.54) is 38.5 Å². The van der Waals surface area contributed by atoms with Gasteiger partial charge in [-0.2, -0.15) is 0 Å². The lowest BCUT2D eigenvalue weighted by molar-refractivity contribution is 0.231. The van der Waals surface area contributed by atoms with Crippen molar-refractivity contribution in [3.05, 3.63) is 0 Å². The molecule has 1 fully saturated rings. The first-order chi connectivity index (χ1) is 5.72. The Labute approximate surface area is 77.7 Å². The SMILES string of the molecule is CC[C@H]1CCC[C@@H](CC(C)C)C1. The van der Waals surface area contributed by atoms with Crippen molar-refractivity contribution >= 4 is 0 Å². The zero-order valence-corrected chi connectivity index (χ0v) is 8.97. The molecule has 1 aliphatic rings. The summed E-state index contributed by atoms with van der Waals surface area (Å²) >= 11 is 0. The number of hydrogen-bond acceptors (Lipinski definition) is 0. The minimum Gasteiger partial charge on any atom is -0.0651 e. The molecule has 0 N–H and O–H groups in total. The van der Waals surface area contributed by atoms with Gasteiger partial charge in [-0.15, -0.1) is 0 Å². The van der Waals surface area contributed by atoms with Crippen LogP contribution in [0.15, 0.2) is 0 Å². The van der Waals surface area contributed by atoms with E-state index < -0.39 is 0 Å². The van der Waals surface area contributed by atoms with Crippen LogP contribution in [-0.4, -0.2) is 0 Å². The zero-order chi connectivity index (χ0) is 8.97. The Morgan fingerprint density at radius 2 is 1.83 bits per heavy atom. The fraction of sp³-hybridized carbons (Fsp3) is 1.00. The predicted octanol–water partition coefficient (Wildman–Crippen LogP) is 4.25. The largest absolute Gasteiger partial charge is 0.0651 e. The van der Waals surface area contributed by atoms with Gasteiger partial charge in [0.1, 0.15) is 0 Å². The molecule has 0 aromatic heterocycles. The zero-order valence-electron chi connectivity index (χ0n) is 8.97. The highest BCUT2D eigenvalue weighted by Gasteiger charge is 2.20. The van der Waals surface area contributed by atoms with Gasteiger partial charge in [0.2, 0.25) is 0 Å². The van der Waals surface area contributed by atoms with Crippen molar-refractivity contribution in [1.82, 2.24) is 0 Å². The first-order valence-corrected chi connectivity index (χ1v) is 5.72. The van der Waals surface area contributed by atoms with Crippen LogP contribution in [0.2, 0.25) is 0 Å². The van der Waals surface area contributed by atoms with Crippen LogP contribution in [0.25, 0.3) is 0 Å². The lowest BCUT2D eigenvalue weighted by Gasteiger charge is -2.29. The minimum atomic E-state index is 0.908. The molecule has 0 heterocycles. The molecule has 0 unspecified atom stereocenters. The molecule has 1 saturated carbocycles. The van der Waals surface area contributed by atoms with Crippen molar-refractivity contribution in [1.29, 1.82) is 0 Å². The summed E-state index contributed by atoms with van der Waals surface area (Å²) in [5, 5.41) is 0. The molecule has 12 heavy (non-hydrogen) atoms. The van der Waals surface area contributed by atoms with Gasteiger partial charge in [0.25, 0.3) is 0 Å². The molecular formula is C12H24. The van der Waals surface area contributed by atoms with Gasteiger partial charge >= 0.3 is 0 Å². The molecule has 0 aromatic rings. The van der Waals surface area contributed by atoms with Crippen LogP contribution in [-0.2, 0) is 0 Å². The van der Waals surface area contributed by atoms with Gasteiger partial charge in [-0.05, 0) is 30.6 Å². The Hall–Kier alpha value is 0. The van der Waals surface area contributed by atoms with E-state index in [9.17, 15) is 0 Å². The van der Waals surface area contributed by atoms with Crippen molar-refractivity contribution in [3.63, 3.8) is 0 Å². The number of hydrogen-bond donors (Lipinski definition) is 0. The van der Waals surface area contributed by atoms with Crippen LogP contribution >= 0.6 is 0 Å². The van der Waals surface area contributed by atoms with Crippen LogP contribution in [0, 0.1) is 17.8 Å². The second kappa shape index (κ2) is 4.89. The van der Waals surface area contributed by atoms with Gasteiger partial charge in [-0.25, -0.2) is 0 Å². The van der Waals surface area contributed by atoms with E-state index in [1.807, 2.05) is 0 Å². The van der Waals surface area contributed by atoms with Crippen molar-refractivity contribution in [3.8, 4) is 0 Å². The standard InChI is InChI=1S/C12H24/c1-4-11-6-5-7-12(9-11)8-10(2)3/h10-12H,4-9H2,1-3H3/t11-,12-/m0/s1. The van der Waals surface area contributed by atoms with Crippen molar-refractivity contribution in [2.24, 2.45) is 17.8 Å². The summed E-state index contributed by atoms with van der Waals surface area (Å²) in [6.07, 6.45) is 8.91. The van der Waals surface area contributed by atoms with Crippen molar-refractivity contribution < 1.29 is 0 Å². The second-order valence-electron chi connectivity index (χ2n) is 4.94. The van der Waals surface area contributed by atoms with Crippen LogP contribution in [0.5, 0.6) is 0 Å². The summed E-state index contributed by atoms with van der Waals surface area (Å²) in [6.45, 7) is 7.06. The van der Waals surface area contributed by atoms with E-state index in [2.05, 4.69) is 20.8 Å². The highest BCUT2D eigenvalue weighted by molar-refractivity contribution is 4.73. The molecule has 0 nitrogen and oxygen atoms in total. The molecule has 1 rings (SSSR count). The second-order valence-corrected chi connectivity index (χ2v) is 4.94. The van der Waals surface area contributed by atoms with Gasteiger partial charge in [0.05, 0.1) is 0 Å². The summed E-state index contributed by atoms with van der Waals surface area (Å²) in [6, 6.07) is 0. The van der Waals surface area contributed by atoms with E-state index in [1.54, 1.807) is 0 Å². The first kappa shape index (κ1) is 10.1. The predicted molar refractivity (Wildman–Crippen MR) is 55.2 cm³/mol. The Morgan fingerprint density at radius 1 is 1.17 bits per heavy atom. The highest BCUT2D eigenvalue weighted by Crippen LogP contribution is 2.34. The molecule has 0 spiro atoms. The molecule has 1 aliphatic carbocycles. The van der Waals surface area contributed by atoms with Crippen molar-refractivity contribution in [2.45, 2.75) is 59.3 Å². The fourth-order valence-corrected chi connectivity index (χ4v) is 2.65. The monoisotopic (exact) mass is 168 g/mol. The maximum atomic E-state index is 2.36. The van der Waals surface area contributed by atoms with Crippen LogP contribution < -0.4 is 0 Å². The third-order valence-electron chi connectivity index (χ3n) is 3.27. The molecule has 2 atom stereocenters. The average Bonchev–Trinajstić information content (AvgIpc) is 2.03. The third kappa shape index (κ3) is 3.16. The summed E-state index contributed by atoms with van der Waals surface area (Å²) in [7, 11) is 0. The van der Waals surface area contributed by atoms with E-state index in [4.69, 9.17) is 0 Å². The van der Waals surface area contributed by atoms with E-state index in [0.717, 1.165) is 17.8 Å².